The molecule has 126 valence electrons. The van der Waals surface area contributed by atoms with Crippen molar-refractivity contribution in [1.29, 1.82) is 0 Å². The Labute approximate surface area is 137 Å². The zero-order valence-electron chi connectivity index (χ0n) is 13.8. The van der Waals surface area contributed by atoms with Crippen molar-refractivity contribution in [2.24, 2.45) is 5.92 Å². The van der Waals surface area contributed by atoms with Gasteiger partial charge in [-0.25, -0.2) is 4.79 Å². The molecular weight excluding hydrogens is 292 g/mol. The number of hydrogen-bond acceptors (Lipinski definition) is 3. The van der Waals surface area contributed by atoms with Gasteiger partial charge in [0.15, 0.2) is 11.5 Å². The van der Waals surface area contributed by atoms with Gasteiger partial charge in [-0.3, -0.25) is 0 Å². The van der Waals surface area contributed by atoms with E-state index < -0.39 is 0 Å². The van der Waals surface area contributed by atoms with Gasteiger partial charge < -0.3 is 20.1 Å². The second-order valence-electron chi connectivity index (χ2n) is 6.32. The number of amides is 2. The third-order valence-electron chi connectivity index (χ3n) is 4.46. The number of rotatable bonds is 7. The minimum atomic E-state index is -0.0661. The van der Waals surface area contributed by atoms with E-state index in [2.05, 4.69) is 22.8 Å². The van der Waals surface area contributed by atoms with Gasteiger partial charge in [-0.2, -0.15) is 0 Å². The van der Waals surface area contributed by atoms with Gasteiger partial charge in [-0.1, -0.05) is 13.0 Å². The molecule has 2 amide bonds. The lowest BCUT2D eigenvalue weighted by molar-refractivity contribution is 0.171. The Morgan fingerprint density at radius 2 is 1.91 bits per heavy atom. The monoisotopic (exact) mass is 318 g/mol. The highest BCUT2D eigenvalue weighted by atomic mass is 16.6. The lowest BCUT2D eigenvalue weighted by atomic mass is 9.90. The summed E-state index contributed by atoms with van der Waals surface area (Å²) in [5.74, 6) is 2.91. The topological polar surface area (TPSA) is 59.6 Å². The van der Waals surface area contributed by atoms with Gasteiger partial charge in [-0.05, 0) is 55.2 Å². The van der Waals surface area contributed by atoms with Crippen molar-refractivity contribution in [3.05, 3.63) is 23.8 Å². The number of ether oxygens (including phenoxy) is 2. The minimum absolute atomic E-state index is 0.0661. The summed E-state index contributed by atoms with van der Waals surface area (Å²) in [6.45, 7) is 4.70. The van der Waals surface area contributed by atoms with Crippen LogP contribution in [0.1, 0.15) is 44.1 Å². The first-order chi connectivity index (χ1) is 11.3. The minimum Gasteiger partial charge on any atom is -0.486 e. The van der Waals surface area contributed by atoms with Crippen LogP contribution in [0.25, 0.3) is 0 Å². The van der Waals surface area contributed by atoms with Gasteiger partial charge in [-0.15, -0.1) is 0 Å². The Balaban J connectivity index is 1.57. The average molecular weight is 318 g/mol. The predicted molar refractivity (Wildman–Crippen MR) is 89.2 cm³/mol. The van der Waals surface area contributed by atoms with E-state index in [4.69, 9.17) is 9.47 Å². The van der Waals surface area contributed by atoms with E-state index in [0.29, 0.717) is 25.7 Å². The molecule has 5 heteroatoms. The Kier molecular flexibility index (Phi) is 5.26. The van der Waals surface area contributed by atoms with Crippen LogP contribution in [0.3, 0.4) is 0 Å². The van der Waals surface area contributed by atoms with Crippen molar-refractivity contribution in [3.8, 4) is 11.5 Å². The second kappa shape index (κ2) is 7.57. The first-order valence-corrected chi connectivity index (χ1v) is 8.69. The zero-order chi connectivity index (χ0) is 16.1. The molecule has 1 heterocycles. The lowest BCUT2D eigenvalue weighted by Gasteiger charge is -2.22. The molecule has 1 aliphatic heterocycles. The fraction of sp³-hybridized carbons (Fsp3) is 0.611. The number of carbonyl (C=O) groups is 1. The third kappa shape index (κ3) is 4.30. The Morgan fingerprint density at radius 3 is 2.65 bits per heavy atom. The zero-order valence-corrected chi connectivity index (χ0v) is 13.8. The molecule has 1 aromatic rings. The van der Waals surface area contributed by atoms with Gasteiger partial charge in [0.2, 0.25) is 0 Å². The maximum atomic E-state index is 11.6. The largest absolute Gasteiger partial charge is 0.486 e. The highest BCUT2D eigenvalue weighted by Gasteiger charge is 2.32. The second-order valence-corrected chi connectivity index (χ2v) is 6.32. The van der Waals surface area contributed by atoms with E-state index in [1.807, 2.05) is 13.0 Å². The van der Waals surface area contributed by atoms with E-state index in [9.17, 15) is 4.79 Å². The van der Waals surface area contributed by atoms with Crippen LogP contribution in [0.5, 0.6) is 11.5 Å². The summed E-state index contributed by atoms with van der Waals surface area (Å²) < 4.78 is 11.3. The van der Waals surface area contributed by atoms with Crippen molar-refractivity contribution >= 4 is 6.03 Å². The summed E-state index contributed by atoms with van der Waals surface area (Å²) in [5.41, 5.74) is 1.30. The number of carbonyl (C=O) groups excluding carboxylic acids is 1. The van der Waals surface area contributed by atoms with Gasteiger partial charge in [0, 0.05) is 13.1 Å². The van der Waals surface area contributed by atoms with Crippen molar-refractivity contribution in [3.63, 3.8) is 0 Å². The van der Waals surface area contributed by atoms with Gasteiger partial charge in [0.1, 0.15) is 13.2 Å². The van der Waals surface area contributed by atoms with E-state index in [1.165, 1.54) is 18.4 Å². The number of fused-ring (bicyclic) bond motifs is 1. The highest BCUT2D eigenvalue weighted by Crippen LogP contribution is 2.46. The molecule has 1 unspecified atom stereocenters. The smallest absolute Gasteiger partial charge is 0.314 e. The summed E-state index contributed by atoms with van der Waals surface area (Å²) in [4.78, 5) is 11.6. The molecule has 1 saturated carbocycles. The molecule has 5 nitrogen and oxygen atoms in total. The van der Waals surface area contributed by atoms with Crippen LogP contribution in [-0.2, 0) is 0 Å². The van der Waals surface area contributed by atoms with E-state index in [0.717, 1.165) is 36.8 Å². The molecule has 0 aromatic heterocycles. The molecule has 0 radical (unpaired) electrons. The van der Waals surface area contributed by atoms with Gasteiger partial charge in [0.25, 0.3) is 0 Å². The molecule has 0 saturated heterocycles. The van der Waals surface area contributed by atoms with Crippen LogP contribution >= 0.6 is 0 Å². The summed E-state index contributed by atoms with van der Waals surface area (Å²) in [6.07, 6.45) is 4.47. The normalized spacial score (nSPS) is 17.4. The molecule has 2 aliphatic rings. The number of benzene rings is 1. The molecule has 1 atom stereocenters. The van der Waals surface area contributed by atoms with Crippen LogP contribution in [0.2, 0.25) is 0 Å². The lowest BCUT2D eigenvalue weighted by Crippen LogP contribution is -2.36. The van der Waals surface area contributed by atoms with E-state index in [1.54, 1.807) is 0 Å². The quantitative estimate of drug-likeness (QED) is 0.812. The van der Waals surface area contributed by atoms with Crippen LogP contribution < -0.4 is 20.1 Å². The molecular formula is C18H26N2O3. The molecule has 1 aliphatic carbocycles. The third-order valence-corrected chi connectivity index (χ3v) is 4.46. The number of hydrogen-bond donors (Lipinski definition) is 2. The summed E-state index contributed by atoms with van der Waals surface area (Å²) >= 11 is 0. The maximum Gasteiger partial charge on any atom is 0.314 e. The fourth-order valence-electron chi connectivity index (χ4n) is 3.11. The van der Waals surface area contributed by atoms with Crippen molar-refractivity contribution in [1.82, 2.24) is 10.6 Å². The maximum absolute atomic E-state index is 11.6. The SMILES string of the molecule is CCCNC(=O)NCCC(c1ccc2c(c1)OCCO2)C1CC1. The van der Waals surface area contributed by atoms with E-state index >= 15 is 0 Å². The van der Waals surface area contributed by atoms with Crippen molar-refractivity contribution < 1.29 is 14.3 Å². The molecule has 3 rings (SSSR count). The molecule has 0 bridgehead atoms. The van der Waals surface area contributed by atoms with Crippen molar-refractivity contribution in [2.75, 3.05) is 26.3 Å². The fourth-order valence-corrected chi connectivity index (χ4v) is 3.11. The molecule has 1 aromatic carbocycles. The Morgan fingerprint density at radius 1 is 1.17 bits per heavy atom. The molecule has 2 N–H and O–H groups in total. The highest BCUT2D eigenvalue weighted by molar-refractivity contribution is 5.73. The Hall–Kier alpha value is -1.91. The standard InChI is InChI=1S/C18H26N2O3/c1-2-8-19-18(21)20-9-7-15(13-3-4-13)14-5-6-16-17(12-14)23-11-10-22-16/h5-6,12-13,15H,2-4,7-11H2,1H3,(H2,19,20,21). The number of urea groups is 1. The van der Waals surface area contributed by atoms with Crippen LogP contribution in [0, 0.1) is 5.92 Å². The summed E-state index contributed by atoms with van der Waals surface area (Å²) in [7, 11) is 0. The predicted octanol–water partition coefficient (Wildman–Crippen LogP) is 3.05. The number of nitrogens with one attached hydrogen (secondary N) is 2. The van der Waals surface area contributed by atoms with Crippen LogP contribution in [-0.4, -0.2) is 32.3 Å². The molecule has 23 heavy (non-hydrogen) atoms. The first kappa shape index (κ1) is 16.0. The average Bonchev–Trinajstić information content (AvgIpc) is 3.41. The van der Waals surface area contributed by atoms with E-state index in [-0.39, 0.29) is 6.03 Å². The van der Waals surface area contributed by atoms with Gasteiger partial charge >= 0.3 is 6.03 Å². The summed E-state index contributed by atoms with van der Waals surface area (Å²) in [5, 5.41) is 5.80. The van der Waals surface area contributed by atoms with Crippen LogP contribution in [0.4, 0.5) is 4.79 Å². The summed E-state index contributed by atoms with van der Waals surface area (Å²) in [6, 6.07) is 6.21. The Bertz CT molecular complexity index is 543. The van der Waals surface area contributed by atoms with Crippen LogP contribution in [0.15, 0.2) is 18.2 Å². The van der Waals surface area contributed by atoms with Crippen molar-refractivity contribution in [2.45, 2.75) is 38.5 Å². The van der Waals surface area contributed by atoms with Gasteiger partial charge in [0.05, 0.1) is 0 Å². The molecule has 1 fully saturated rings. The molecule has 0 spiro atoms. The first-order valence-electron chi connectivity index (χ1n) is 8.69.